The fourth-order valence-corrected chi connectivity index (χ4v) is 9.18. The van der Waals surface area contributed by atoms with E-state index in [2.05, 4.69) is 0 Å². The second kappa shape index (κ2) is 28.2. The molecule has 0 spiro atoms. The average Bonchev–Trinajstić information content (AvgIpc) is 3.34. The van der Waals surface area contributed by atoms with Crippen molar-refractivity contribution in [3.8, 4) is 0 Å². The minimum atomic E-state index is -1.94. The fourth-order valence-electron chi connectivity index (χ4n) is 9.18. The van der Waals surface area contributed by atoms with E-state index in [1.807, 2.05) is 140 Å². The first kappa shape index (κ1) is 63.0. The van der Waals surface area contributed by atoms with Crippen molar-refractivity contribution in [1.82, 2.24) is 0 Å². The first-order valence-corrected chi connectivity index (χ1v) is 25.4. The minimum absolute atomic E-state index is 0.157. The van der Waals surface area contributed by atoms with Crippen LogP contribution in [0.3, 0.4) is 0 Å². The Kier molecular flexibility index (Phi) is 23.4. The molecule has 12 atom stereocenters. The SMILES string of the molecule is CC(=O)OC1CC(C)(C)C(C=CC(C)=CC=CC(C)=CC=CC=C(C)C=CC=C(C)C=CC2=C(C)C(=O)C(OC(=O)CCC(=O)OCC3OC(O)C(O)C(O)C3OC3OC(CO)C(O)C(O)C3O)CC2(C)C)=C(C)C1=O. The highest BCUT2D eigenvalue weighted by atomic mass is 16.7. The van der Waals surface area contributed by atoms with Crippen molar-refractivity contribution in [2.75, 3.05) is 13.2 Å². The Hall–Kier alpha value is -5.51. The largest absolute Gasteiger partial charge is 0.463 e. The average molecular weight is 1060 g/mol. The summed E-state index contributed by atoms with van der Waals surface area (Å²) in [5.41, 5.74) is 5.88. The van der Waals surface area contributed by atoms with Crippen LogP contribution in [-0.2, 0) is 52.4 Å². The molecule has 2 aliphatic heterocycles. The lowest BCUT2D eigenvalue weighted by Crippen LogP contribution is -2.64. The van der Waals surface area contributed by atoms with Crippen LogP contribution in [0.15, 0.2) is 130 Å². The molecule has 4 rings (SSSR count). The summed E-state index contributed by atoms with van der Waals surface area (Å²) in [4.78, 5) is 63.5. The minimum Gasteiger partial charge on any atom is -0.463 e. The summed E-state index contributed by atoms with van der Waals surface area (Å²) in [5.74, 6) is -2.74. The Bertz CT molecular complexity index is 2470. The summed E-state index contributed by atoms with van der Waals surface area (Å²) < 4.78 is 32.2. The number of carbonyl (C=O) groups excluding carboxylic acids is 5. The van der Waals surface area contributed by atoms with Crippen LogP contribution in [0, 0.1) is 10.8 Å². The summed E-state index contributed by atoms with van der Waals surface area (Å²) in [6.07, 6.45) is 8.00. The molecule has 0 aromatic carbocycles. The van der Waals surface area contributed by atoms with Gasteiger partial charge in [0.2, 0.25) is 0 Å². The third-order valence-corrected chi connectivity index (χ3v) is 13.6. The lowest BCUT2D eigenvalue weighted by molar-refractivity contribution is -0.355. The highest BCUT2D eigenvalue weighted by molar-refractivity contribution is 6.02. The van der Waals surface area contributed by atoms with Crippen LogP contribution >= 0.6 is 0 Å². The van der Waals surface area contributed by atoms with Gasteiger partial charge in [-0.2, -0.15) is 0 Å². The summed E-state index contributed by atoms with van der Waals surface area (Å²) >= 11 is 0. The van der Waals surface area contributed by atoms with E-state index < -0.39 is 123 Å². The van der Waals surface area contributed by atoms with Crippen molar-refractivity contribution in [2.24, 2.45) is 10.8 Å². The molecule has 18 heteroatoms. The van der Waals surface area contributed by atoms with Crippen LogP contribution in [0.4, 0.5) is 0 Å². The van der Waals surface area contributed by atoms with Crippen molar-refractivity contribution in [3.05, 3.63) is 130 Å². The van der Waals surface area contributed by atoms with E-state index >= 15 is 0 Å². The van der Waals surface area contributed by atoms with Crippen LogP contribution in [-0.4, -0.2) is 152 Å². The first-order valence-electron chi connectivity index (χ1n) is 25.4. The van der Waals surface area contributed by atoms with Gasteiger partial charge < -0.3 is 64.2 Å². The number of ketones is 2. The second-order valence-corrected chi connectivity index (χ2v) is 21.0. The van der Waals surface area contributed by atoms with Gasteiger partial charge in [0.1, 0.15) is 55.4 Å². The molecule has 2 aliphatic carbocycles. The number of carbonyl (C=O) groups is 5. The topological polar surface area (TPSA) is 282 Å². The third-order valence-electron chi connectivity index (χ3n) is 13.6. The van der Waals surface area contributed by atoms with Gasteiger partial charge in [0.25, 0.3) is 0 Å². The zero-order valence-corrected chi connectivity index (χ0v) is 45.4. The number of hydrogen-bond acceptors (Lipinski definition) is 18. The van der Waals surface area contributed by atoms with Crippen molar-refractivity contribution in [2.45, 2.75) is 175 Å². The highest BCUT2D eigenvalue weighted by Crippen LogP contribution is 2.42. The van der Waals surface area contributed by atoms with Gasteiger partial charge in [0.05, 0.1) is 19.4 Å². The van der Waals surface area contributed by atoms with Gasteiger partial charge in [-0.15, -0.1) is 0 Å². The number of aliphatic hydroxyl groups excluding tert-OH is 7. The summed E-state index contributed by atoms with van der Waals surface area (Å²) in [7, 11) is 0. The summed E-state index contributed by atoms with van der Waals surface area (Å²) in [5, 5.41) is 71.1. The second-order valence-electron chi connectivity index (χ2n) is 21.0. The zero-order chi connectivity index (χ0) is 56.8. The third kappa shape index (κ3) is 17.5. The van der Waals surface area contributed by atoms with E-state index in [9.17, 15) is 59.7 Å². The number of esters is 3. The molecule has 418 valence electrons. The molecule has 2 fully saturated rings. The van der Waals surface area contributed by atoms with Crippen molar-refractivity contribution in [1.29, 1.82) is 0 Å². The molecule has 0 radical (unpaired) electrons. The lowest BCUT2D eigenvalue weighted by atomic mass is 9.71. The zero-order valence-electron chi connectivity index (χ0n) is 45.4. The Balaban J connectivity index is 1.25. The van der Waals surface area contributed by atoms with Crippen LogP contribution in [0.25, 0.3) is 0 Å². The molecule has 2 heterocycles. The molecule has 4 aliphatic rings. The van der Waals surface area contributed by atoms with Gasteiger partial charge in [-0.05, 0) is 74.7 Å². The standard InChI is InChI=1S/C58H78O18/c1-32(18-14-20-34(3)22-24-39-36(5)47(63)41(72-38(7)60)28-57(39,8)9)16-12-13-17-33(2)19-15-21-35(4)23-25-40-37(6)48(64)42(29-58(40,10)11)73-46(62)27-26-45(61)71-31-44-54(51(67)52(68)55(70)74-44)76-56-53(69)50(66)49(65)43(30-59)75-56/h12-25,41-44,49-56,59,65-70H,26-31H2,1-11H3. The Morgan fingerprint density at radius 3 is 1.53 bits per heavy atom. The van der Waals surface area contributed by atoms with E-state index in [0.717, 1.165) is 33.4 Å². The van der Waals surface area contributed by atoms with Crippen molar-refractivity contribution >= 4 is 29.5 Å². The number of rotatable bonds is 20. The van der Waals surface area contributed by atoms with E-state index in [1.54, 1.807) is 13.8 Å². The maximum absolute atomic E-state index is 13.5. The molecule has 0 amide bonds. The number of ether oxygens (including phenoxy) is 6. The van der Waals surface area contributed by atoms with E-state index in [0.29, 0.717) is 17.6 Å². The van der Waals surface area contributed by atoms with Gasteiger partial charge in [-0.25, -0.2) is 0 Å². The number of Topliss-reactive ketones (excluding diaryl/α,β-unsaturated/α-hetero) is 2. The molecule has 0 aromatic rings. The molecule has 12 unspecified atom stereocenters. The molecule has 0 aromatic heterocycles. The molecule has 18 nitrogen and oxygen atoms in total. The molecular formula is C58H78O18. The van der Waals surface area contributed by atoms with Crippen LogP contribution in [0.2, 0.25) is 0 Å². The summed E-state index contributed by atoms with van der Waals surface area (Å²) in [6.45, 7) is 19.2. The molecule has 76 heavy (non-hydrogen) atoms. The quantitative estimate of drug-likeness (QED) is 0.0481. The molecule has 0 saturated carbocycles. The van der Waals surface area contributed by atoms with Gasteiger partial charge in [0.15, 0.2) is 36.4 Å². The smallest absolute Gasteiger partial charge is 0.307 e. The van der Waals surface area contributed by atoms with Crippen LogP contribution < -0.4 is 0 Å². The lowest BCUT2D eigenvalue weighted by Gasteiger charge is -2.45. The predicted octanol–water partition coefficient (Wildman–Crippen LogP) is 4.97. The van der Waals surface area contributed by atoms with Crippen molar-refractivity contribution in [3.63, 3.8) is 0 Å². The predicted molar refractivity (Wildman–Crippen MR) is 280 cm³/mol. The van der Waals surface area contributed by atoms with Crippen molar-refractivity contribution < 1.29 is 88.1 Å². The van der Waals surface area contributed by atoms with Crippen LogP contribution in [0.5, 0.6) is 0 Å². The Labute approximate surface area is 445 Å². The highest BCUT2D eigenvalue weighted by Gasteiger charge is 2.51. The van der Waals surface area contributed by atoms with E-state index in [1.165, 1.54) is 6.92 Å². The van der Waals surface area contributed by atoms with Gasteiger partial charge in [-0.3, -0.25) is 24.0 Å². The maximum atomic E-state index is 13.5. The Morgan fingerprint density at radius 2 is 1.04 bits per heavy atom. The molecule has 7 N–H and O–H groups in total. The normalized spacial score (nSPS) is 31.2. The molecule has 2 saturated heterocycles. The van der Waals surface area contributed by atoms with Gasteiger partial charge in [-0.1, -0.05) is 135 Å². The number of aliphatic hydroxyl groups is 7. The summed E-state index contributed by atoms with van der Waals surface area (Å²) in [6, 6.07) is 0. The van der Waals surface area contributed by atoms with Gasteiger partial charge in [0, 0.05) is 19.8 Å². The monoisotopic (exact) mass is 1060 g/mol. The van der Waals surface area contributed by atoms with E-state index in [-0.39, 0.29) is 23.4 Å². The Morgan fingerprint density at radius 1 is 0.579 bits per heavy atom. The van der Waals surface area contributed by atoms with Crippen LogP contribution in [0.1, 0.15) is 102 Å². The van der Waals surface area contributed by atoms with Gasteiger partial charge >= 0.3 is 17.9 Å². The fraction of sp³-hybridized carbons (Fsp3) is 0.534. The van der Waals surface area contributed by atoms with E-state index in [4.69, 9.17) is 28.4 Å². The number of hydrogen-bond donors (Lipinski definition) is 7. The maximum Gasteiger partial charge on any atom is 0.307 e. The first-order chi connectivity index (χ1) is 35.6. The molecular weight excluding hydrogens is 985 g/mol. The molecule has 0 bridgehead atoms. The number of allylic oxidation sites excluding steroid dienone is 20.